The molecule has 1 saturated heterocycles. The van der Waals surface area contributed by atoms with Crippen molar-refractivity contribution in [3.8, 4) is 0 Å². The summed E-state index contributed by atoms with van der Waals surface area (Å²) in [7, 11) is 2.13. The zero-order valence-electron chi connectivity index (χ0n) is 11.7. The van der Waals surface area contributed by atoms with Crippen LogP contribution in [0.3, 0.4) is 0 Å². The van der Waals surface area contributed by atoms with Crippen LogP contribution in [0.15, 0.2) is 24.3 Å². The van der Waals surface area contributed by atoms with Crippen LogP contribution in [0.25, 0.3) is 0 Å². The van der Waals surface area contributed by atoms with Crippen LogP contribution < -0.4 is 5.73 Å². The lowest BCUT2D eigenvalue weighted by Gasteiger charge is -2.27. The van der Waals surface area contributed by atoms with E-state index >= 15 is 0 Å². The molecule has 1 aliphatic rings. The van der Waals surface area contributed by atoms with Crippen LogP contribution in [-0.4, -0.2) is 37.2 Å². The topological polar surface area (TPSA) is 38.5 Å². The number of rotatable bonds is 5. The van der Waals surface area contributed by atoms with Crippen LogP contribution in [0, 0.1) is 0 Å². The average molecular weight is 283 g/mol. The largest absolute Gasteiger partial charge is 0.372 e. The molecule has 1 aromatic carbocycles. The minimum Gasteiger partial charge on any atom is -0.372 e. The Morgan fingerprint density at radius 1 is 1.42 bits per heavy atom. The van der Waals surface area contributed by atoms with Gasteiger partial charge in [-0.15, -0.1) is 0 Å². The molecule has 0 spiro atoms. The van der Waals surface area contributed by atoms with Gasteiger partial charge in [-0.3, -0.25) is 4.90 Å². The summed E-state index contributed by atoms with van der Waals surface area (Å²) in [6.07, 6.45) is 2.75. The van der Waals surface area contributed by atoms with Crippen molar-refractivity contribution in [2.24, 2.45) is 5.73 Å². The monoisotopic (exact) mass is 282 g/mol. The molecule has 0 bridgehead atoms. The highest BCUT2D eigenvalue weighted by Crippen LogP contribution is 2.25. The standard InChI is InChI=1S/C15H23ClN2O/c1-11(12-4-3-5-13(16)8-12)18(2)10-15-7-6-14(9-17)19-15/h3-5,8,11,14-15H,6-7,9-10,17H2,1-2H3. The van der Waals surface area contributed by atoms with Crippen LogP contribution in [0.1, 0.15) is 31.4 Å². The Kier molecular flexibility index (Phi) is 5.22. The number of halogens is 1. The molecule has 1 aromatic rings. The van der Waals surface area contributed by atoms with Gasteiger partial charge in [0.05, 0.1) is 12.2 Å². The Bertz CT molecular complexity index is 413. The van der Waals surface area contributed by atoms with Crippen LogP contribution in [0.2, 0.25) is 5.02 Å². The maximum absolute atomic E-state index is 6.04. The van der Waals surface area contributed by atoms with Crippen LogP contribution in [0.5, 0.6) is 0 Å². The first-order chi connectivity index (χ1) is 9.10. The third kappa shape index (κ3) is 3.93. The molecule has 3 nitrogen and oxygen atoms in total. The predicted octanol–water partition coefficient (Wildman–Crippen LogP) is 2.84. The number of nitrogens with zero attached hydrogens (tertiary/aromatic N) is 1. The first kappa shape index (κ1) is 14.8. The molecule has 4 heteroatoms. The highest BCUT2D eigenvalue weighted by molar-refractivity contribution is 6.30. The second-order valence-corrected chi connectivity index (χ2v) is 5.80. The lowest BCUT2D eigenvalue weighted by molar-refractivity contribution is 0.0254. The molecule has 3 atom stereocenters. The summed E-state index contributed by atoms with van der Waals surface area (Å²) in [6, 6.07) is 8.38. The van der Waals surface area contributed by atoms with Gasteiger partial charge in [-0.2, -0.15) is 0 Å². The van der Waals surface area contributed by atoms with Crippen molar-refractivity contribution in [3.63, 3.8) is 0 Å². The molecule has 0 amide bonds. The third-order valence-corrected chi connectivity index (χ3v) is 4.18. The first-order valence-electron chi connectivity index (χ1n) is 6.91. The van der Waals surface area contributed by atoms with E-state index < -0.39 is 0 Å². The Hall–Kier alpha value is -0.610. The normalized spacial score (nSPS) is 24.9. The van der Waals surface area contributed by atoms with E-state index in [0.717, 1.165) is 24.4 Å². The van der Waals surface area contributed by atoms with E-state index in [0.29, 0.717) is 18.7 Å². The quantitative estimate of drug-likeness (QED) is 0.902. The van der Waals surface area contributed by atoms with E-state index in [-0.39, 0.29) is 6.10 Å². The fraction of sp³-hybridized carbons (Fsp3) is 0.600. The van der Waals surface area contributed by atoms with Gasteiger partial charge in [-0.1, -0.05) is 23.7 Å². The number of hydrogen-bond donors (Lipinski definition) is 1. The van der Waals surface area contributed by atoms with Crippen LogP contribution >= 0.6 is 11.6 Å². The van der Waals surface area contributed by atoms with Gasteiger partial charge in [-0.25, -0.2) is 0 Å². The molecule has 0 aromatic heterocycles. The van der Waals surface area contributed by atoms with Crippen molar-refractivity contribution in [2.45, 2.75) is 38.0 Å². The van der Waals surface area contributed by atoms with Gasteiger partial charge in [0.2, 0.25) is 0 Å². The molecule has 106 valence electrons. The summed E-state index contributed by atoms with van der Waals surface area (Å²) < 4.78 is 5.90. The fourth-order valence-corrected chi connectivity index (χ4v) is 2.79. The smallest absolute Gasteiger partial charge is 0.0707 e. The molecule has 1 aliphatic heterocycles. The molecule has 2 N–H and O–H groups in total. The number of likely N-dealkylation sites (N-methyl/N-ethyl adjacent to an activating group) is 1. The second-order valence-electron chi connectivity index (χ2n) is 5.36. The molecule has 0 radical (unpaired) electrons. The highest BCUT2D eigenvalue weighted by Gasteiger charge is 2.26. The van der Waals surface area contributed by atoms with Crippen molar-refractivity contribution in [2.75, 3.05) is 20.1 Å². The van der Waals surface area contributed by atoms with E-state index in [2.05, 4.69) is 24.9 Å². The van der Waals surface area contributed by atoms with Gasteiger partial charge in [0.25, 0.3) is 0 Å². The van der Waals surface area contributed by atoms with Crippen molar-refractivity contribution < 1.29 is 4.74 Å². The fourth-order valence-electron chi connectivity index (χ4n) is 2.59. The maximum Gasteiger partial charge on any atom is 0.0707 e. The minimum absolute atomic E-state index is 0.250. The molecule has 19 heavy (non-hydrogen) atoms. The van der Waals surface area contributed by atoms with E-state index in [1.807, 2.05) is 18.2 Å². The third-order valence-electron chi connectivity index (χ3n) is 3.94. The molecule has 0 aliphatic carbocycles. The van der Waals surface area contributed by atoms with Crippen LogP contribution in [-0.2, 0) is 4.74 Å². The lowest BCUT2D eigenvalue weighted by Crippen LogP contribution is -2.32. The molecule has 0 saturated carbocycles. The predicted molar refractivity (Wildman–Crippen MR) is 79.4 cm³/mol. The van der Waals surface area contributed by atoms with E-state index in [1.165, 1.54) is 5.56 Å². The SMILES string of the molecule is CC(c1cccc(Cl)c1)N(C)CC1CCC(CN)O1. The van der Waals surface area contributed by atoms with Gasteiger partial charge in [0.1, 0.15) is 0 Å². The number of ether oxygens (including phenoxy) is 1. The Balaban J connectivity index is 1.91. The van der Waals surface area contributed by atoms with Crippen molar-refractivity contribution >= 4 is 11.6 Å². The molecule has 2 rings (SSSR count). The molecule has 3 unspecified atom stereocenters. The molecule has 1 fully saturated rings. The Morgan fingerprint density at radius 2 is 2.16 bits per heavy atom. The Morgan fingerprint density at radius 3 is 2.79 bits per heavy atom. The summed E-state index contributed by atoms with van der Waals surface area (Å²) >= 11 is 6.04. The average Bonchev–Trinajstić information content (AvgIpc) is 2.85. The van der Waals surface area contributed by atoms with Gasteiger partial charge < -0.3 is 10.5 Å². The van der Waals surface area contributed by atoms with Crippen molar-refractivity contribution in [1.29, 1.82) is 0 Å². The highest BCUT2D eigenvalue weighted by atomic mass is 35.5. The summed E-state index contributed by atoms with van der Waals surface area (Å²) in [4.78, 5) is 2.31. The van der Waals surface area contributed by atoms with Crippen LogP contribution in [0.4, 0.5) is 0 Å². The van der Waals surface area contributed by atoms with Gasteiger partial charge in [0.15, 0.2) is 0 Å². The molecule has 1 heterocycles. The Labute approximate surface area is 120 Å². The summed E-state index contributed by atoms with van der Waals surface area (Å²) in [6.45, 7) is 3.76. The van der Waals surface area contributed by atoms with E-state index in [1.54, 1.807) is 0 Å². The maximum atomic E-state index is 6.04. The summed E-state index contributed by atoms with van der Waals surface area (Å²) in [5.41, 5.74) is 6.88. The molecular weight excluding hydrogens is 260 g/mol. The van der Waals surface area contributed by atoms with Crippen molar-refractivity contribution in [1.82, 2.24) is 4.90 Å². The summed E-state index contributed by atoms with van der Waals surface area (Å²) in [5.74, 6) is 0. The number of hydrogen-bond acceptors (Lipinski definition) is 3. The van der Waals surface area contributed by atoms with Crippen molar-refractivity contribution in [3.05, 3.63) is 34.9 Å². The van der Waals surface area contributed by atoms with Gasteiger partial charge in [-0.05, 0) is 44.5 Å². The zero-order valence-corrected chi connectivity index (χ0v) is 12.4. The number of nitrogens with two attached hydrogens (primary N) is 1. The molecular formula is C15H23ClN2O. The van der Waals surface area contributed by atoms with Gasteiger partial charge >= 0.3 is 0 Å². The van der Waals surface area contributed by atoms with Gasteiger partial charge in [0, 0.05) is 24.2 Å². The first-order valence-corrected chi connectivity index (χ1v) is 7.29. The minimum atomic E-state index is 0.250. The number of benzene rings is 1. The van der Waals surface area contributed by atoms with E-state index in [4.69, 9.17) is 22.1 Å². The zero-order chi connectivity index (χ0) is 13.8. The second kappa shape index (κ2) is 6.71. The van der Waals surface area contributed by atoms with E-state index in [9.17, 15) is 0 Å². The lowest BCUT2D eigenvalue weighted by atomic mass is 10.1. The summed E-state index contributed by atoms with van der Waals surface area (Å²) in [5, 5.41) is 0.790.